The molecule has 0 bridgehead atoms. The molecule has 0 aromatic heterocycles. The third kappa shape index (κ3) is 4.58. The topological polar surface area (TPSA) is 0 Å². The molecule has 0 spiro atoms. The normalized spacial score (nSPS) is 15.9. The zero-order valence-corrected chi connectivity index (χ0v) is 5.33. The molecular formula is C4H7BF5-. The first-order chi connectivity index (χ1) is 4.33. The molecule has 0 aliphatic rings. The van der Waals surface area contributed by atoms with Gasteiger partial charge in [-0.1, -0.05) is 13.2 Å². The maximum absolute atomic E-state index is 11.5. The van der Waals surface area contributed by atoms with Gasteiger partial charge in [-0.15, -0.1) is 0 Å². The Morgan fingerprint density at radius 1 is 1.20 bits per heavy atom. The lowest BCUT2D eigenvalue weighted by Crippen LogP contribution is -2.22. The summed E-state index contributed by atoms with van der Waals surface area (Å²) in [5, 5.41) is 0. The molecule has 10 heavy (non-hydrogen) atoms. The average molecular weight is 161 g/mol. The molecule has 0 heterocycles. The number of alkyl halides is 2. The van der Waals surface area contributed by atoms with Crippen LogP contribution in [0.5, 0.6) is 0 Å². The molecule has 0 aromatic rings. The second-order valence-corrected chi connectivity index (χ2v) is 2.26. The third-order valence-corrected chi connectivity index (χ3v) is 1.07. The summed E-state index contributed by atoms with van der Waals surface area (Å²) in [5.74, 6) is -1.57. The molecule has 1 unspecified atom stereocenters. The molecule has 0 saturated heterocycles. The zero-order chi connectivity index (χ0) is 8.36. The molecule has 0 fully saturated rings. The van der Waals surface area contributed by atoms with Gasteiger partial charge in [0.2, 0.25) is 6.43 Å². The van der Waals surface area contributed by atoms with Gasteiger partial charge in [0.05, 0.1) is 0 Å². The van der Waals surface area contributed by atoms with E-state index in [-0.39, 0.29) is 0 Å². The quantitative estimate of drug-likeness (QED) is 0.440. The van der Waals surface area contributed by atoms with Crippen LogP contribution in [0.3, 0.4) is 0 Å². The van der Waals surface area contributed by atoms with E-state index in [4.69, 9.17) is 0 Å². The zero-order valence-electron chi connectivity index (χ0n) is 5.33. The largest absolute Gasteiger partial charge is 0.478 e. The van der Waals surface area contributed by atoms with E-state index in [1.807, 2.05) is 0 Å². The Labute approximate surface area is 55.5 Å². The Morgan fingerprint density at radius 2 is 1.60 bits per heavy atom. The number of hydrogen-bond acceptors (Lipinski definition) is 0. The monoisotopic (exact) mass is 161 g/mol. The van der Waals surface area contributed by atoms with Crippen LogP contribution in [0, 0.1) is 5.92 Å². The molecule has 0 rings (SSSR count). The third-order valence-electron chi connectivity index (χ3n) is 1.07. The van der Waals surface area contributed by atoms with Crippen LogP contribution in [0.4, 0.5) is 21.7 Å². The lowest BCUT2D eigenvalue weighted by molar-refractivity contribution is 0.0913. The van der Waals surface area contributed by atoms with Crippen LogP contribution in [0.1, 0.15) is 6.92 Å². The molecule has 0 aliphatic heterocycles. The van der Waals surface area contributed by atoms with Crippen molar-refractivity contribution in [2.24, 2.45) is 5.92 Å². The van der Waals surface area contributed by atoms with Gasteiger partial charge in [-0.05, 0) is 5.92 Å². The van der Waals surface area contributed by atoms with Crippen molar-refractivity contribution in [3.8, 4) is 0 Å². The van der Waals surface area contributed by atoms with Gasteiger partial charge in [0.15, 0.2) is 0 Å². The van der Waals surface area contributed by atoms with Crippen LogP contribution in [-0.2, 0) is 0 Å². The molecule has 0 amide bonds. The highest BCUT2D eigenvalue weighted by atomic mass is 19.4. The highest BCUT2D eigenvalue weighted by molar-refractivity contribution is 6.58. The second-order valence-electron chi connectivity index (χ2n) is 2.26. The maximum Gasteiger partial charge on any atom is 0.478 e. The Hall–Kier alpha value is -0.285. The summed E-state index contributed by atoms with van der Waals surface area (Å²) in [6, 6.07) is 0. The Balaban J connectivity index is 3.68. The molecule has 0 aromatic carbocycles. The van der Waals surface area contributed by atoms with E-state index < -0.39 is 25.6 Å². The standard InChI is InChI=1S/C4H7BF5/c1-3(4(6)7)2-5(8,9)10/h3-4H,2H2,1H3/q-1. The minimum Gasteiger partial charge on any atom is -0.449 e. The predicted molar refractivity (Wildman–Crippen MR) is 29.1 cm³/mol. The molecule has 0 aliphatic carbocycles. The molecule has 1 atom stereocenters. The van der Waals surface area contributed by atoms with E-state index in [1.165, 1.54) is 0 Å². The molecule has 0 N–H and O–H groups in total. The van der Waals surface area contributed by atoms with Crippen LogP contribution in [0.15, 0.2) is 0 Å². The lowest BCUT2D eigenvalue weighted by atomic mass is 9.79. The van der Waals surface area contributed by atoms with E-state index >= 15 is 0 Å². The second kappa shape index (κ2) is 3.21. The van der Waals surface area contributed by atoms with Crippen molar-refractivity contribution in [2.75, 3.05) is 0 Å². The fourth-order valence-corrected chi connectivity index (χ4v) is 0.524. The van der Waals surface area contributed by atoms with Crippen molar-refractivity contribution in [2.45, 2.75) is 19.7 Å². The van der Waals surface area contributed by atoms with E-state index in [9.17, 15) is 21.7 Å². The first kappa shape index (κ1) is 9.71. The highest BCUT2D eigenvalue weighted by Gasteiger charge is 2.29. The van der Waals surface area contributed by atoms with E-state index in [0.29, 0.717) is 0 Å². The molecule has 62 valence electrons. The van der Waals surface area contributed by atoms with Crippen LogP contribution in [0.2, 0.25) is 6.32 Å². The predicted octanol–water partition coefficient (Wildman–Crippen LogP) is 2.74. The summed E-state index contributed by atoms with van der Waals surface area (Å²) in [6.45, 7) is -4.17. The summed E-state index contributed by atoms with van der Waals surface area (Å²) in [5.41, 5.74) is 0. The summed E-state index contributed by atoms with van der Waals surface area (Å²) in [7, 11) is 0. The van der Waals surface area contributed by atoms with Crippen molar-refractivity contribution >= 4 is 6.98 Å². The van der Waals surface area contributed by atoms with E-state index in [2.05, 4.69) is 0 Å². The number of halogens is 5. The summed E-state index contributed by atoms with van der Waals surface area (Å²) in [4.78, 5) is 0. The van der Waals surface area contributed by atoms with Crippen LogP contribution >= 0.6 is 0 Å². The van der Waals surface area contributed by atoms with Gasteiger partial charge < -0.3 is 12.9 Å². The minimum absolute atomic E-state index is 0.889. The fourth-order valence-electron chi connectivity index (χ4n) is 0.524. The highest BCUT2D eigenvalue weighted by Crippen LogP contribution is 2.24. The van der Waals surface area contributed by atoms with Crippen molar-refractivity contribution < 1.29 is 21.7 Å². The Bertz CT molecular complexity index is 98.3. The van der Waals surface area contributed by atoms with Gasteiger partial charge in [0, 0.05) is 0 Å². The van der Waals surface area contributed by atoms with Crippen molar-refractivity contribution in [3.05, 3.63) is 0 Å². The van der Waals surface area contributed by atoms with Crippen molar-refractivity contribution in [1.82, 2.24) is 0 Å². The van der Waals surface area contributed by atoms with Gasteiger partial charge >= 0.3 is 6.98 Å². The van der Waals surface area contributed by atoms with Crippen molar-refractivity contribution in [1.29, 1.82) is 0 Å². The molecule has 0 radical (unpaired) electrons. The van der Waals surface area contributed by atoms with Gasteiger partial charge in [-0.3, -0.25) is 0 Å². The van der Waals surface area contributed by atoms with Gasteiger partial charge in [0.25, 0.3) is 0 Å². The molecular weight excluding hydrogens is 154 g/mol. The first-order valence-corrected chi connectivity index (χ1v) is 2.82. The van der Waals surface area contributed by atoms with Gasteiger partial charge in [-0.25, -0.2) is 8.78 Å². The van der Waals surface area contributed by atoms with Gasteiger partial charge in [-0.2, -0.15) is 0 Å². The lowest BCUT2D eigenvalue weighted by Gasteiger charge is -2.18. The molecule has 6 heteroatoms. The van der Waals surface area contributed by atoms with Gasteiger partial charge in [0.1, 0.15) is 0 Å². The summed E-state index contributed by atoms with van der Waals surface area (Å²) < 4.78 is 57.1. The minimum atomic E-state index is -5.06. The Morgan fingerprint density at radius 3 is 1.70 bits per heavy atom. The number of hydrogen-bond donors (Lipinski definition) is 0. The van der Waals surface area contributed by atoms with Crippen LogP contribution in [-0.4, -0.2) is 13.4 Å². The Kier molecular flexibility index (Phi) is 3.12. The fraction of sp³-hybridized carbons (Fsp3) is 1.00. The SMILES string of the molecule is CC(C[B-](F)(F)F)C(F)F. The van der Waals surface area contributed by atoms with Crippen LogP contribution in [0.25, 0.3) is 0 Å². The number of rotatable bonds is 3. The first-order valence-electron chi connectivity index (χ1n) is 2.82. The van der Waals surface area contributed by atoms with E-state index in [0.717, 1.165) is 6.92 Å². The molecule has 0 nitrogen and oxygen atoms in total. The van der Waals surface area contributed by atoms with Crippen LogP contribution < -0.4 is 0 Å². The van der Waals surface area contributed by atoms with E-state index in [1.54, 1.807) is 0 Å². The summed E-state index contributed by atoms with van der Waals surface area (Å²) >= 11 is 0. The average Bonchev–Trinajstić information content (AvgIpc) is 1.60. The molecule has 0 saturated carbocycles. The smallest absolute Gasteiger partial charge is 0.449 e. The summed E-state index contributed by atoms with van der Waals surface area (Å²) in [6.07, 6.45) is -4.22. The van der Waals surface area contributed by atoms with Crippen molar-refractivity contribution in [3.63, 3.8) is 0 Å². The maximum atomic E-state index is 11.5.